The summed E-state index contributed by atoms with van der Waals surface area (Å²) in [7, 11) is 0. The minimum atomic E-state index is -0.148. The predicted molar refractivity (Wildman–Crippen MR) is 275 cm³/mol. The van der Waals surface area contributed by atoms with Gasteiger partial charge in [0.15, 0.2) is 0 Å². The van der Waals surface area contributed by atoms with Crippen molar-refractivity contribution in [2.75, 3.05) is 0 Å². The third-order valence-electron chi connectivity index (χ3n) is 12.0. The Labute approximate surface area is 397 Å². The normalized spacial score (nSPS) is 13.1. The standard InChI is InChI=1S/2C21H5Br2N3O2S3/c22-13-3-7-11(29-13)1-9-18-15-6(20(27)25(7)9)5-24-17-16(15)19(31-18)10-2-12-8(4-14(23)30-12)26(10)21(17)28;22-7-4-29-11-1-9-18-13-6(20(27)25(9)16(7)11)3-24-15-14(13)19(31-18)10-2-12-17(8(23)5-30-12)26(10)21(15)28/h2*1-5H. The summed E-state index contributed by atoms with van der Waals surface area (Å²) >= 11 is 23.9. The molecule has 0 saturated carbocycles. The Balaban J connectivity index is 0.000000116. The van der Waals surface area contributed by atoms with Crippen LogP contribution in [0, 0.1) is 0 Å². The van der Waals surface area contributed by atoms with Crippen molar-refractivity contribution in [2.24, 2.45) is 0 Å². The van der Waals surface area contributed by atoms with Crippen LogP contribution >= 0.6 is 132 Å². The summed E-state index contributed by atoms with van der Waals surface area (Å²) in [5.41, 5.74) is 7.42. The summed E-state index contributed by atoms with van der Waals surface area (Å²) in [6.07, 6.45) is 3.14. The molecule has 0 aliphatic heterocycles. The molecule has 0 amide bonds. The molecule has 16 aromatic rings. The van der Waals surface area contributed by atoms with Gasteiger partial charge in [-0.1, -0.05) is 0 Å². The van der Waals surface area contributed by atoms with Crippen LogP contribution in [0.2, 0.25) is 0 Å². The number of hydrogen-bond donors (Lipinski definition) is 0. The van der Waals surface area contributed by atoms with Crippen molar-refractivity contribution in [1.82, 2.24) is 27.6 Å². The Kier molecular flexibility index (Phi) is 6.95. The smallest absolute Gasteiger partial charge is 0.274 e. The van der Waals surface area contributed by atoms with Gasteiger partial charge in [0.25, 0.3) is 22.2 Å². The molecule has 0 unspecified atom stereocenters. The molecule has 16 rings (SSSR count). The lowest BCUT2D eigenvalue weighted by Crippen LogP contribution is -2.16. The van der Waals surface area contributed by atoms with E-state index in [1.165, 1.54) is 0 Å². The van der Waals surface area contributed by atoms with Crippen LogP contribution in [-0.2, 0) is 0 Å². The van der Waals surface area contributed by atoms with Gasteiger partial charge in [-0.15, -0.1) is 68.0 Å². The van der Waals surface area contributed by atoms with Crippen LogP contribution in [0.3, 0.4) is 0 Å². The van der Waals surface area contributed by atoms with Gasteiger partial charge in [-0.2, -0.15) is 0 Å². The van der Waals surface area contributed by atoms with Crippen molar-refractivity contribution in [1.29, 1.82) is 0 Å². The quantitative estimate of drug-likeness (QED) is 0.140. The SMILES string of the molecule is O=c1c2cnc3c(=O)n4c(cc5scc(Br)c54)c4sc(c2c34)c2cc3scc(Br)c3n12.O=c1c2cnc3c(=O)n4c5cc(Br)sc5cc4c4sc(c2c34)c2cc3sc(Br)cc3n12. The average molecular weight is 1170 g/mol. The Morgan fingerprint density at radius 3 is 1.31 bits per heavy atom. The molecule has 0 aliphatic rings. The molecule has 0 fully saturated rings. The van der Waals surface area contributed by atoms with Crippen LogP contribution in [0.15, 0.2) is 95.2 Å². The number of fused-ring (bicyclic) bond motifs is 16. The molecule has 20 heteroatoms. The summed E-state index contributed by atoms with van der Waals surface area (Å²) in [6, 6.07) is 12.3. The van der Waals surface area contributed by atoms with Crippen molar-refractivity contribution in [3.05, 3.63) is 117 Å². The number of nitrogens with zero attached hydrogens (tertiary/aromatic N) is 6. The van der Waals surface area contributed by atoms with E-state index in [0.717, 1.165) is 120 Å². The third-order valence-corrected chi connectivity index (χ3v) is 21.2. The second-order valence-electron chi connectivity index (χ2n) is 14.9. The molecule has 0 spiro atoms. The first-order chi connectivity index (χ1) is 30.0. The van der Waals surface area contributed by atoms with E-state index in [1.807, 2.05) is 22.9 Å². The van der Waals surface area contributed by atoms with Gasteiger partial charge in [0.2, 0.25) is 0 Å². The molecule has 0 saturated heterocycles. The van der Waals surface area contributed by atoms with E-state index < -0.39 is 0 Å². The first kappa shape index (κ1) is 36.2. The highest BCUT2D eigenvalue weighted by Crippen LogP contribution is 2.47. The zero-order valence-electron chi connectivity index (χ0n) is 30.1. The van der Waals surface area contributed by atoms with Crippen molar-refractivity contribution in [3.63, 3.8) is 0 Å². The van der Waals surface area contributed by atoms with Crippen molar-refractivity contribution in [3.8, 4) is 0 Å². The molecule has 0 atom stereocenters. The lowest BCUT2D eigenvalue weighted by Gasteiger charge is -2.04. The van der Waals surface area contributed by atoms with Crippen LogP contribution in [0.4, 0.5) is 0 Å². The monoisotopic (exact) mass is 1170 g/mol. The molecular formula is C42H10Br4N6O4S6. The van der Waals surface area contributed by atoms with Crippen LogP contribution in [0.25, 0.3) is 125 Å². The van der Waals surface area contributed by atoms with Crippen LogP contribution in [0.5, 0.6) is 0 Å². The van der Waals surface area contributed by atoms with E-state index in [0.29, 0.717) is 21.8 Å². The van der Waals surface area contributed by atoms with Gasteiger partial charge >= 0.3 is 0 Å². The van der Waals surface area contributed by atoms with E-state index >= 15 is 0 Å². The molecule has 0 N–H and O–H groups in total. The number of hydrogen-bond acceptors (Lipinski definition) is 12. The highest BCUT2D eigenvalue weighted by atomic mass is 79.9. The minimum absolute atomic E-state index is 0.0930. The van der Waals surface area contributed by atoms with Crippen molar-refractivity contribution >= 4 is 257 Å². The fourth-order valence-corrected chi connectivity index (χ4v) is 18.6. The van der Waals surface area contributed by atoms with Crippen molar-refractivity contribution in [2.45, 2.75) is 0 Å². The summed E-state index contributed by atoms with van der Waals surface area (Å²) in [5.74, 6) is 0. The summed E-state index contributed by atoms with van der Waals surface area (Å²) < 4.78 is 19.1. The topological polar surface area (TPSA) is 112 Å². The second-order valence-corrected chi connectivity index (χ2v) is 25.4. The predicted octanol–water partition coefficient (Wildman–Crippen LogP) is 13.3. The maximum atomic E-state index is 13.5. The summed E-state index contributed by atoms with van der Waals surface area (Å²) in [6.45, 7) is 0. The first-order valence-corrected chi connectivity index (χ1v) is 26.5. The zero-order chi connectivity index (χ0) is 41.5. The molecule has 0 radical (unpaired) electrons. The maximum absolute atomic E-state index is 13.5. The van der Waals surface area contributed by atoms with Gasteiger partial charge < -0.3 is 0 Å². The fraction of sp³-hybridized carbons (Fsp3) is 0. The van der Waals surface area contributed by atoms with Crippen LogP contribution in [-0.4, -0.2) is 27.6 Å². The van der Waals surface area contributed by atoms with E-state index in [1.54, 1.807) is 98.0 Å². The van der Waals surface area contributed by atoms with E-state index in [-0.39, 0.29) is 22.2 Å². The molecule has 0 aromatic carbocycles. The largest absolute Gasteiger partial charge is 0.282 e. The molecule has 62 heavy (non-hydrogen) atoms. The lowest BCUT2D eigenvalue weighted by atomic mass is 10.1. The van der Waals surface area contributed by atoms with E-state index in [4.69, 9.17) is 0 Å². The maximum Gasteiger partial charge on any atom is 0.282 e. The Hall–Kier alpha value is -4.22. The zero-order valence-corrected chi connectivity index (χ0v) is 41.3. The average Bonchev–Trinajstić information content (AvgIpc) is 4.09. The third kappa shape index (κ3) is 4.19. The molecular weight excluding hydrogens is 1160 g/mol. The Morgan fingerprint density at radius 2 is 0.806 bits per heavy atom. The van der Waals surface area contributed by atoms with Gasteiger partial charge in [0, 0.05) is 44.7 Å². The number of halogens is 4. The molecule has 0 bridgehead atoms. The second kappa shape index (κ2) is 11.9. The van der Waals surface area contributed by atoms with Gasteiger partial charge in [-0.3, -0.25) is 36.8 Å². The molecule has 0 aliphatic carbocycles. The lowest BCUT2D eigenvalue weighted by molar-refractivity contribution is 1.18. The number of rotatable bonds is 0. The fourth-order valence-electron chi connectivity index (χ4n) is 9.57. The molecule has 296 valence electrons. The van der Waals surface area contributed by atoms with Gasteiger partial charge in [0.1, 0.15) is 11.0 Å². The number of pyridine rings is 6. The van der Waals surface area contributed by atoms with Crippen molar-refractivity contribution < 1.29 is 0 Å². The number of aromatic nitrogens is 6. The first-order valence-electron chi connectivity index (χ1n) is 18.4. The van der Waals surface area contributed by atoms with E-state index in [2.05, 4.69) is 98.0 Å². The Bertz CT molecular complexity index is 4680. The van der Waals surface area contributed by atoms with Gasteiger partial charge in [-0.25, -0.2) is 9.97 Å². The van der Waals surface area contributed by atoms with Crippen LogP contribution < -0.4 is 22.2 Å². The molecule has 10 nitrogen and oxygen atoms in total. The Morgan fingerprint density at radius 1 is 0.419 bits per heavy atom. The number of thiophene rings is 6. The highest BCUT2D eigenvalue weighted by molar-refractivity contribution is 9.11. The molecule has 16 heterocycles. The highest BCUT2D eigenvalue weighted by Gasteiger charge is 2.28. The van der Waals surface area contributed by atoms with E-state index in [9.17, 15) is 19.2 Å². The van der Waals surface area contributed by atoms with Crippen LogP contribution in [0.1, 0.15) is 0 Å². The molecule has 16 aromatic heterocycles. The van der Waals surface area contributed by atoms with Gasteiger partial charge in [0.05, 0.1) is 109 Å². The summed E-state index contributed by atoms with van der Waals surface area (Å²) in [4.78, 5) is 63.0. The summed E-state index contributed by atoms with van der Waals surface area (Å²) in [5, 5.41) is 8.43. The minimum Gasteiger partial charge on any atom is -0.274 e. The van der Waals surface area contributed by atoms with Gasteiger partial charge in [-0.05, 0) is 100 Å².